The van der Waals surface area contributed by atoms with Crippen molar-refractivity contribution in [2.24, 2.45) is 29.4 Å². The van der Waals surface area contributed by atoms with E-state index in [2.05, 4.69) is 56.4 Å². The smallest absolute Gasteiger partial charge is 0.240 e. The first-order valence-electron chi connectivity index (χ1n) is 14.1. The van der Waals surface area contributed by atoms with Crippen LogP contribution in [0.5, 0.6) is 0 Å². The van der Waals surface area contributed by atoms with Crippen LogP contribution in [0.4, 0.5) is 0 Å². The summed E-state index contributed by atoms with van der Waals surface area (Å²) in [7, 11) is 0. The lowest BCUT2D eigenvalue weighted by atomic mass is 9.67. The monoisotopic (exact) mass is 497 g/mol. The molecule has 1 saturated heterocycles. The first-order chi connectivity index (χ1) is 17.2. The highest BCUT2D eigenvalue weighted by Crippen LogP contribution is 2.44. The van der Waals surface area contributed by atoms with E-state index >= 15 is 0 Å². The molecular formula is C30H47N3O3. The highest BCUT2D eigenvalue weighted by Gasteiger charge is 2.37. The molecule has 3 amide bonds. The van der Waals surface area contributed by atoms with Crippen LogP contribution in [-0.4, -0.2) is 42.3 Å². The maximum atomic E-state index is 13.7. The second kappa shape index (κ2) is 13.3. The molecule has 6 nitrogen and oxygen atoms in total. The Balaban J connectivity index is 1.87. The van der Waals surface area contributed by atoms with Crippen LogP contribution in [0.1, 0.15) is 90.5 Å². The Morgan fingerprint density at radius 2 is 1.83 bits per heavy atom. The summed E-state index contributed by atoms with van der Waals surface area (Å²) < 4.78 is 0. The first kappa shape index (κ1) is 28.2. The van der Waals surface area contributed by atoms with Crippen molar-refractivity contribution >= 4 is 17.7 Å². The summed E-state index contributed by atoms with van der Waals surface area (Å²) in [5.74, 6) is 0.781. The molecule has 2 aliphatic rings. The van der Waals surface area contributed by atoms with E-state index in [9.17, 15) is 14.4 Å². The second-order valence-corrected chi connectivity index (χ2v) is 11.6. The number of rotatable bonds is 10. The van der Waals surface area contributed by atoms with Crippen molar-refractivity contribution in [3.05, 3.63) is 35.9 Å². The number of nitrogens with zero attached hydrogens (tertiary/aromatic N) is 1. The fourth-order valence-corrected chi connectivity index (χ4v) is 6.18. The van der Waals surface area contributed by atoms with Gasteiger partial charge in [-0.15, -0.1) is 0 Å². The van der Waals surface area contributed by atoms with Crippen molar-refractivity contribution in [1.82, 2.24) is 10.2 Å². The van der Waals surface area contributed by atoms with Gasteiger partial charge in [-0.3, -0.25) is 14.4 Å². The minimum Gasteiger partial charge on any atom is -0.368 e. The van der Waals surface area contributed by atoms with E-state index in [1.54, 1.807) is 4.90 Å². The molecule has 3 N–H and O–H groups in total. The number of primary amides is 1. The number of carbonyl (C=O) groups excluding carboxylic acids is 3. The Labute approximate surface area is 217 Å². The molecule has 1 aliphatic heterocycles. The summed E-state index contributed by atoms with van der Waals surface area (Å²) in [5, 5.41) is 2.56. The van der Waals surface area contributed by atoms with Gasteiger partial charge in [0, 0.05) is 12.5 Å². The van der Waals surface area contributed by atoms with Crippen molar-refractivity contribution in [1.29, 1.82) is 0 Å². The summed E-state index contributed by atoms with van der Waals surface area (Å²) >= 11 is 0. The van der Waals surface area contributed by atoms with E-state index in [1.807, 2.05) is 0 Å². The van der Waals surface area contributed by atoms with Crippen LogP contribution >= 0.6 is 0 Å². The summed E-state index contributed by atoms with van der Waals surface area (Å²) in [6.07, 6.45) is 11.1. The van der Waals surface area contributed by atoms with E-state index < -0.39 is 5.91 Å². The van der Waals surface area contributed by atoms with Gasteiger partial charge in [0.1, 0.15) is 0 Å². The third kappa shape index (κ3) is 8.07. The van der Waals surface area contributed by atoms with Crippen LogP contribution < -0.4 is 11.1 Å². The van der Waals surface area contributed by atoms with Gasteiger partial charge >= 0.3 is 0 Å². The minimum absolute atomic E-state index is 0.0176. The zero-order valence-corrected chi connectivity index (χ0v) is 22.6. The molecule has 1 aromatic rings. The van der Waals surface area contributed by atoms with Gasteiger partial charge in [-0.25, -0.2) is 0 Å². The van der Waals surface area contributed by atoms with E-state index in [4.69, 9.17) is 5.73 Å². The van der Waals surface area contributed by atoms with Crippen LogP contribution in [0.3, 0.4) is 0 Å². The molecule has 3 rings (SSSR count). The molecule has 0 aromatic heterocycles. The van der Waals surface area contributed by atoms with Gasteiger partial charge in [-0.05, 0) is 67.3 Å². The second-order valence-electron chi connectivity index (χ2n) is 11.6. The Hall–Kier alpha value is -2.37. The molecule has 0 spiro atoms. The van der Waals surface area contributed by atoms with E-state index in [1.165, 1.54) is 18.4 Å². The molecule has 1 aliphatic carbocycles. The summed E-state index contributed by atoms with van der Waals surface area (Å²) in [5.41, 5.74) is 6.69. The van der Waals surface area contributed by atoms with Crippen LogP contribution in [0.2, 0.25) is 0 Å². The van der Waals surface area contributed by atoms with Crippen molar-refractivity contribution in [2.75, 3.05) is 19.6 Å². The lowest BCUT2D eigenvalue weighted by molar-refractivity contribution is -0.140. The highest BCUT2D eigenvalue weighted by molar-refractivity contribution is 5.88. The Morgan fingerprint density at radius 3 is 2.47 bits per heavy atom. The van der Waals surface area contributed by atoms with Gasteiger partial charge in [-0.1, -0.05) is 76.8 Å². The van der Waals surface area contributed by atoms with Gasteiger partial charge in [-0.2, -0.15) is 0 Å². The molecule has 0 radical (unpaired) electrons. The Bertz CT molecular complexity index is 869. The van der Waals surface area contributed by atoms with E-state index in [0.717, 1.165) is 57.3 Å². The molecule has 1 saturated carbocycles. The molecule has 4 atom stereocenters. The number of benzene rings is 1. The molecule has 6 heteroatoms. The van der Waals surface area contributed by atoms with Crippen LogP contribution in [-0.2, 0) is 19.8 Å². The average molecular weight is 498 g/mol. The SMILES string of the molecule is CCC(C)C[C@]1(c2ccccc2)CCCC(CC2CC2)C(C)C(=O)N(CC(=O)NCC(N)=O)CCC1. The lowest BCUT2D eigenvalue weighted by Gasteiger charge is -2.38. The summed E-state index contributed by atoms with van der Waals surface area (Å²) in [6, 6.07) is 11.0. The molecule has 1 aromatic carbocycles. The standard InChI is InChI=1S/C30H47N3O3/c1-4-22(2)19-30(26-11-6-5-7-12-26)15-8-10-25(18-24-13-14-24)23(3)29(36)33(17-9-16-30)21-28(35)32-20-27(31)34/h5-7,11-12,22-25H,4,8-10,13-21H2,1-3H3,(H2,31,34)(H,32,35)/t22?,23?,25?,30-/m0/s1. The molecule has 1 heterocycles. The minimum atomic E-state index is -0.581. The van der Waals surface area contributed by atoms with Crippen molar-refractivity contribution in [2.45, 2.75) is 90.4 Å². The molecular weight excluding hydrogens is 450 g/mol. The van der Waals surface area contributed by atoms with E-state index in [0.29, 0.717) is 18.4 Å². The quantitative estimate of drug-likeness (QED) is 0.486. The lowest BCUT2D eigenvalue weighted by Crippen LogP contribution is -2.46. The maximum Gasteiger partial charge on any atom is 0.240 e. The van der Waals surface area contributed by atoms with Crippen LogP contribution in [0.15, 0.2) is 30.3 Å². The molecule has 3 unspecified atom stereocenters. The number of hydrogen-bond acceptors (Lipinski definition) is 3. The topological polar surface area (TPSA) is 92.5 Å². The van der Waals surface area contributed by atoms with Gasteiger partial charge in [0.15, 0.2) is 0 Å². The first-order valence-corrected chi connectivity index (χ1v) is 14.1. The normalized spacial score (nSPS) is 26.6. The number of nitrogens with one attached hydrogen (secondary N) is 1. The van der Waals surface area contributed by atoms with E-state index in [-0.39, 0.29) is 36.2 Å². The highest BCUT2D eigenvalue weighted by atomic mass is 16.2. The van der Waals surface area contributed by atoms with Gasteiger partial charge < -0.3 is 16.0 Å². The summed E-state index contributed by atoms with van der Waals surface area (Å²) in [4.78, 5) is 39.1. The van der Waals surface area contributed by atoms with Crippen molar-refractivity contribution in [3.8, 4) is 0 Å². The zero-order chi connectivity index (χ0) is 26.1. The fourth-order valence-electron chi connectivity index (χ4n) is 6.18. The largest absolute Gasteiger partial charge is 0.368 e. The molecule has 200 valence electrons. The summed E-state index contributed by atoms with van der Waals surface area (Å²) in [6.45, 7) is 7.02. The third-order valence-corrected chi connectivity index (χ3v) is 8.67. The number of hydrogen-bond donors (Lipinski definition) is 2. The Morgan fingerprint density at radius 1 is 1.14 bits per heavy atom. The predicted molar refractivity (Wildman–Crippen MR) is 144 cm³/mol. The third-order valence-electron chi connectivity index (χ3n) is 8.67. The predicted octanol–water partition coefficient (Wildman–Crippen LogP) is 4.81. The molecule has 2 fully saturated rings. The van der Waals surface area contributed by atoms with Gasteiger partial charge in [0.05, 0.1) is 13.1 Å². The molecule has 0 bridgehead atoms. The van der Waals surface area contributed by atoms with Crippen molar-refractivity contribution in [3.63, 3.8) is 0 Å². The number of amides is 3. The Kier molecular flexibility index (Phi) is 10.4. The molecule has 36 heavy (non-hydrogen) atoms. The number of nitrogens with two attached hydrogens (primary N) is 1. The number of carbonyl (C=O) groups is 3. The van der Waals surface area contributed by atoms with Crippen LogP contribution in [0.25, 0.3) is 0 Å². The van der Waals surface area contributed by atoms with Crippen molar-refractivity contribution < 1.29 is 14.4 Å². The fraction of sp³-hybridized carbons (Fsp3) is 0.700. The average Bonchev–Trinajstić information content (AvgIpc) is 3.69. The van der Waals surface area contributed by atoms with Crippen LogP contribution in [0, 0.1) is 23.7 Å². The van der Waals surface area contributed by atoms with Gasteiger partial charge in [0.25, 0.3) is 0 Å². The van der Waals surface area contributed by atoms with Gasteiger partial charge in [0.2, 0.25) is 17.7 Å². The zero-order valence-electron chi connectivity index (χ0n) is 22.6. The maximum absolute atomic E-state index is 13.7.